The van der Waals surface area contributed by atoms with Gasteiger partial charge in [-0.15, -0.1) is 0 Å². The highest BCUT2D eigenvalue weighted by Crippen LogP contribution is 2.19. The molecule has 26 nitrogen and oxygen atoms in total. The summed E-state index contributed by atoms with van der Waals surface area (Å²) in [5, 5.41) is 37.1. The Morgan fingerprint density at radius 3 is 1.82 bits per heavy atom. The Morgan fingerprint density at radius 1 is 0.746 bits per heavy atom. The Kier molecular flexibility index (Phi) is 26.2. The number of nitrogens with zero attached hydrogens (tertiary/aromatic N) is 7. The van der Waals surface area contributed by atoms with Gasteiger partial charge in [-0.2, -0.15) is 0 Å². The maximum absolute atomic E-state index is 13.4. The summed E-state index contributed by atoms with van der Waals surface area (Å²) in [4.78, 5) is 115. The third-order valence-corrected chi connectivity index (χ3v) is 12.1. The van der Waals surface area contributed by atoms with Crippen LogP contribution in [0.15, 0.2) is 29.3 Å². The molecule has 27 heteroatoms. The van der Waals surface area contributed by atoms with Crippen LogP contribution in [-0.2, 0) is 40.1 Å². The molecule has 1 aromatic rings. The molecule has 3 unspecified atom stereocenters. The van der Waals surface area contributed by atoms with Gasteiger partial charge in [0, 0.05) is 104 Å². The standard InChI is InChI=1S/C44H76BN15O11/c1-55(26-31-9-11-32(12-10-31)42(68)53-25-41(67)60-27-33(61)24-35(60)45(70)71)40(66)8-2-3-13-51-43(69)34(6-4-14-52-44(49)50)54-39(65)7-5-15-56-16-18-57(28-36(46)62)20-22-59(30-38(48)64)23-21-58(19-17-56)29-37(47)63/h9-12,33-35,61,70-71H,2-8,13-30H2,1H3,(H2,46,62)(H2,47,63)(H2,48,64)(H,51,69)(H,53,68)(H,54,65)(H4,49,50,52). The van der Waals surface area contributed by atoms with Crippen LogP contribution >= 0.6 is 0 Å². The zero-order valence-corrected chi connectivity index (χ0v) is 40.9. The number of carbonyl (C=O) groups excluding carboxylic acids is 8. The number of hydrogen-bond acceptors (Lipinski definition) is 16. The molecular formula is C44H76BN15O11. The number of nitrogens with one attached hydrogen (secondary N) is 3. The van der Waals surface area contributed by atoms with Crippen molar-refractivity contribution in [1.82, 2.24) is 45.3 Å². The van der Waals surface area contributed by atoms with Gasteiger partial charge < -0.3 is 74.5 Å². The minimum absolute atomic E-state index is 0.0155. The highest BCUT2D eigenvalue weighted by molar-refractivity contribution is 6.43. The number of hydrogen-bond donors (Lipinski definition) is 11. The summed E-state index contributed by atoms with van der Waals surface area (Å²) >= 11 is 0. The number of aliphatic hydroxyl groups is 1. The Hall–Kier alpha value is -5.97. The van der Waals surface area contributed by atoms with Crippen LogP contribution in [0.1, 0.15) is 67.3 Å². The monoisotopic (exact) mass is 1000 g/mol. The molecular weight excluding hydrogens is 925 g/mol. The molecule has 2 fully saturated rings. The van der Waals surface area contributed by atoms with Gasteiger partial charge >= 0.3 is 7.12 Å². The van der Waals surface area contributed by atoms with Crippen molar-refractivity contribution < 1.29 is 53.5 Å². The van der Waals surface area contributed by atoms with Gasteiger partial charge in [0.15, 0.2) is 5.96 Å². The van der Waals surface area contributed by atoms with Crippen molar-refractivity contribution in [1.29, 1.82) is 0 Å². The smallest absolute Gasteiger partial charge is 0.426 e. The van der Waals surface area contributed by atoms with Gasteiger partial charge in [-0.25, -0.2) is 0 Å². The van der Waals surface area contributed by atoms with Gasteiger partial charge in [0.1, 0.15) is 6.04 Å². The van der Waals surface area contributed by atoms with Crippen molar-refractivity contribution in [3.05, 3.63) is 35.4 Å². The fraction of sp³-hybridized carbons (Fsp3) is 0.659. The lowest BCUT2D eigenvalue weighted by molar-refractivity contribution is -0.131. The van der Waals surface area contributed by atoms with Crippen molar-refractivity contribution >= 4 is 60.3 Å². The minimum Gasteiger partial charge on any atom is -0.426 e. The van der Waals surface area contributed by atoms with Crippen molar-refractivity contribution in [3.63, 3.8) is 0 Å². The number of aliphatic imine (C=N–C) groups is 1. The lowest BCUT2D eigenvalue weighted by atomic mass is 9.77. The predicted molar refractivity (Wildman–Crippen MR) is 263 cm³/mol. The predicted octanol–water partition coefficient (Wildman–Crippen LogP) is -6.37. The number of amides is 8. The molecule has 8 amide bonds. The van der Waals surface area contributed by atoms with E-state index in [2.05, 4.69) is 25.8 Å². The number of rotatable bonds is 27. The molecule has 2 heterocycles. The zero-order chi connectivity index (χ0) is 52.5. The first-order valence-corrected chi connectivity index (χ1v) is 24.0. The van der Waals surface area contributed by atoms with Gasteiger partial charge in [0.05, 0.1) is 38.2 Å². The first kappa shape index (κ1) is 59.3. The van der Waals surface area contributed by atoms with E-state index in [1.54, 1.807) is 36.2 Å². The summed E-state index contributed by atoms with van der Waals surface area (Å²) in [5.41, 5.74) is 28.5. The molecule has 396 valence electrons. The van der Waals surface area contributed by atoms with Crippen LogP contribution in [0.3, 0.4) is 0 Å². The summed E-state index contributed by atoms with van der Waals surface area (Å²) in [6.45, 7) is 4.60. The third kappa shape index (κ3) is 23.7. The van der Waals surface area contributed by atoms with Crippen LogP contribution in [0.5, 0.6) is 0 Å². The zero-order valence-electron chi connectivity index (χ0n) is 40.9. The quantitative estimate of drug-likeness (QED) is 0.0169. The van der Waals surface area contributed by atoms with E-state index in [4.69, 9.17) is 28.7 Å². The summed E-state index contributed by atoms with van der Waals surface area (Å²) in [6, 6.07) is 5.63. The van der Waals surface area contributed by atoms with Crippen LogP contribution in [0.2, 0.25) is 0 Å². The van der Waals surface area contributed by atoms with Gasteiger partial charge in [-0.1, -0.05) is 12.1 Å². The van der Waals surface area contributed by atoms with Crippen molar-refractivity contribution in [2.24, 2.45) is 33.7 Å². The Balaban J connectivity index is 1.46. The van der Waals surface area contributed by atoms with E-state index in [9.17, 15) is 53.5 Å². The van der Waals surface area contributed by atoms with Crippen LogP contribution in [0.25, 0.3) is 0 Å². The molecule has 0 saturated carbocycles. The van der Waals surface area contributed by atoms with E-state index < -0.39 is 67.2 Å². The first-order chi connectivity index (χ1) is 33.7. The maximum atomic E-state index is 13.4. The highest BCUT2D eigenvalue weighted by atomic mass is 16.4. The number of carbonyl (C=O) groups is 8. The van der Waals surface area contributed by atoms with E-state index in [1.807, 2.05) is 14.7 Å². The van der Waals surface area contributed by atoms with Crippen molar-refractivity contribution in [2.75, 3.05) is 112 Å². The summed E-state index contributed by atoms with van der Waals surface area (Å²) < 4.78 is 0. The average Bonchev–Trinajstić information content (AvgIpc) is 3.71. The molecule has 2 saturated heterocycles. The second-order valence-electron chi connectivity index (χ2n) is 18.0. The average molecular weight is 1000 g/mol. The topological polar surface area (TPSA) is 395 Å². The van der Waals surface area contributed by atoms with E-state index in [0.29, 0.717) is 84.6 Å². The maximum Gasteiger partial charge on any atom is 0.475 e. The second kappa shape index (κ2) is 31.4. The molecule has 0 aromatic heterocycles. The molecule has 71 heavy (non-hydrogen) atoms. The molecule has 0 radical (unpaired) electrons. The normalized spacial score (nSPS) is 18.0. The fourth-order valence-corrected chi connectivity index (χ4v) is 8.26. The Labute approximate surface area is 415 Å². The van der Waals surface area contributed by atoms with Crippen molar-refractivity contribution in [2.45, 2.75) is 76.0 Å². The largest absolute Gasteiger partial charge is 0.475 e. The molecule has 3 rings (SSSR count). The van der Waals surface area contributed by atoms with E-state index in [0.717, 1.165) is 10.5 Å². The van der Waals surface area contributed by atoms with E-state index in [1.165, 1.54) is 0 Å². The van der Waals surface area contributed by atoms with E-state index in [-0.39, 0.29) is 94.8 Å². The Morgan fingerprint density at radius 2 is 1.30 bits per heavy atom. The number of unbranched alkanes of at least 4 members (excludes halogenated alkanes) is 1. The van der Waals surface area contributed by atoms with Gasteiger partial charge in [-0.05, 0) is 62.8 Å². The molecule has 2 aliphatic rings. The number of nitrogens with two attached hydrogens (primary N) is 5. The molecule has 0 spiro atoms. The molecule has 0 aliphatic carbocycles. The number of guanidine groups is 1. The number of aliphatic hydroxyl groups excluding tert-OH is 1. The second-order valence-corrected chi connectivity index (χ2v) is 18.0. The first-order valence-electron chi connectivity index (χ1n) is 24.0. The van der Waals surface area contributed by atoms with Crippen LogP contribution < -0.4 is 44.6 Å². The molecule has 0 bridgehead atoms. The summed E-state index contributed by atoms with van der Waals surface area (Å²) in [7, 11) is -0.163. The lowest BCUT2D eigenvalue weighted by Gasteiger charge is -2.33. The van der Waals surface area contributed by atoms with Gasteiger partial charge in [-0.3, -0.25) is 58.0 Å². The fourth-order valence-electron chi connectivity index (χ4n) is 8.26. The number of β-amino-alcohol motifs (C(OH)–C–C–N with tert-alkyl or cyclic N) is 1. The lowest BCUT2D eigenvalue weighted by Crippen LogP contribution is -2.50. The van der Waals surface area contributed by atoms with Crippen molar-refractivity contribution in [3.8, 4) is 0 Å². The van der Waals surface area contributed by atoms with Gasteiger partial charge in [0.2, 0.25) is 41.4 Å². The summed E-state index contributed by atoms with van der Waals surface area (Å²) in [6.07, 6.45) is 1.52. The Bertz CT molecular complexity index is 1910. The van der Waals surface area contributed by atoms with Crippen LogP contribution in [0.4, 0.5) is 0 Å². The number of benzene rings is 1. The molecule has 1 aromatic carbocycles. The number of likely N-dealkylation sites (tertiary alicyclic amines) is 1. The van der Waals surface area contributed by atoms with Crippen LogP contribution in [-0.4, -0.2) is 235 Å². The highest BCUT2D eigenvalue weighted by Gasteiger charge is 2.41. The third-order valence-electron chi connectivity index (χ3n) is 12.1. The molecule has 2 aliphatic heterocycles. The SMILES string of the molecule is CN(Cc1ccc(C(=O)NCC(=O)N2CC(O)CC2B(O)O)cc1)C(=O)CCCCNC(=O)C(CCCN=C(N)N)NC(=O)CCCN1CCN(CC(N)=O)CCN(CC(N)=O)CCN(CC(N)=O)CC1. The van der Waals surface area contributed by atoms with E-state index >= 15 is 0 Å². The number of primary amides is 3. The van der Waals surface area contributed by atoms with Gasteiger partial charge in [0.25, 0.3) is 5.91 Å². The summed E-state index contributed by atoms with van der Waals surface area (Å²) in [5.74, 6) is -4.48. The van der Waals surface area contributed by atoms with Crippen LogP contribution in [0, 0.1) is 0 Å². The molecule has 16 N–H and O–H groups in total. The minimum atomic E-state index is -1.82. The molecule has 3 atom stereocenters.